The van der Waals surface area contributed by atoms with Crippen molar-refractivity contribution in [3.05, 3.63) is 35.9 Å². The van der Waals surface area contributed by atoms with E-state index in [2.05, 4.69) is 8.44 Å². The maximum atomic E-state index is 12.6. The van der Waals surface area contributed by atoms with E-state index in [1.165, 1.54) is 12.0 Å². The Morgan fingerprint density at radius 1 is 1.32 bits per heavy atom. The molecular weight excluding hydrogens is 439 g/mol. The van der Waals surface area contributed by atoms with Gasteiger partial charge in [-0.15, -0.1) is 3.33 Å². The summed E-state index contributed by atoms with van der Waals surface area (Å²) in [5.41, 5.74) is -0.325. The number of carbonyl (C=O) groups is 2. The number of nitrogens with zero attached hydrogens (tertiary/aromatic N) is 3. The number of esters is 1. The Morgan fingerprint density at radius 3 is 2.68 bits per heavy atom. The van der Waals surface area contributed by atoms with Crippen LogP contribution in [0, 0.1) is 8.98 Å². The van der Waals surface area contributed by atoms with Crippen molar-refractivity contribution in [2.45, 2.75) is 25.0 Å². The standard InChI is InChI=1S/C16H19IN4O4/c1-24-13(22)16-8-15(9-16,10-19-20-17-18)11-21(16)14(23)25-7-12-5-3-2-4-6-12/h2-6,18H,7-11H2,1H3. The summed E-state index contributed by atoms with van der Waals surface area (Å²) in [7, 11) is 1.33. The van der Waals surface area contributed by atoms with Gasteiger partial charge in [0, 0.05) is 12.0 Å². The smallest absolute Gasteiger partial charge is 0.411 e. The first kappa shape index (κ1) is 17.9. The quantitative estimate of drug-likeness (QED) is 0.401. The molecule has 3 fully saturated rings. The average molecular weight is 458 g/mol. The van der Waals surface area contributed by atoms with E-state index in [4.69, 9.17) is 13.0 Å². The first-order valence-corrected chi connectivity index (χ1v) is 9.83. The van der Waals surface area contributed by atoms with Gasteiger partial charge in [0.1, 0.15) is 12.1 Å². The van der Waals surface area contributed by atoms with Crippen LogP contribution < -0.4 is 0 Å². The molecule has 0 aromatic heterocycles. The molecule has 1 aromatic carbocycles. The van der Waals surface area contributed by atoms with Crippen molar-refractivity contribution in [3.63, 3.8) is 0 Å². The molecule has 8 nitrogen and oxygen atoms in total. The minimum Gasteiger partial charge on any atom is -0.467 e. The molecule has 134 valence electrons. The van der Waals surface area contributed by atoms with Crippen molar-refractivity contribution in [3.8, 4) is 0 Å². The first-order valence-electron chi connectivity index (χ1n) is 7.79. The Morgan fingerprint density at radius 2 is 2.04 bits per heavy atom. The van der Waals surface area contributed by atoms with Gasteiger partial charge >= 0.3 is 12.1 Å². The topological polar surface area (TPSA) is 104 Å². The number of nitrogens with one attached hydrogen (secondary N) is 1. The van der Waals surface area contributed by atoms with Crippen LogP contribution in [0.3, 0.4) is 0 Å². The molecule has 0 unspecified atom stereocenters. The summed E-state index contributed by atoms with van der Waals surface area (Å²) in [6.07, 6.45) is 0.490. The zero-order chi connectivity index (χ0) is 17.9. The van der Waals surface area contributed by atoms with Gasteiger partial charge in [-0.3, -0.25) is 8.46 Å². The molecule has 2 heterocycles. The number of halogens is 1. The number of benzene rings is 1. The molecule has 0 radical (unpaired) electrons. The Hall–Kier alpha value is -1.91. The molecule has 9 heteroatoms. The van der Waals surface area contributed by atoms with E-state index < -0.39 is 38.9 Å². The monoisotopic (exact) mass is 458 g/mol. The summed E-state index contributed by atoms with van der Waals surface area (Å²) >= 11 is -0.994. The third kappa shape index (κ3) is 3.29. The van der Waals surface area contributed by atoms with Crippen molar-refractivity contribution in [2.75, 3.05) is 20.2 Å². The average Bonchev–Trinajstić information content (AvgIpc) is 3.12. The number of amides is 1. The minimum absolute atomic E-state index is 0.156. The van der Waals surface area contributed by atoms with Crippen LogP contribution in [0.1, 0.15) is 18.4 Å². The highest BCUT2D eigenvalue weighted by Crippen LogP contribution is 2.60. The third-order valence-corrected chi connectivity index (χ3v) is 5.35. The van der Waals surface area contributed by atoms with Gasteiger partial charge in [0.25, 0.3) is 0 Å². The lowest BCUT2D eigenvalue weighted by atomic mass is 9.62. The lowest BCUT2D eigenvalue weighted by Gasteiger charge is -2.43. The van der Waals surface area contributed by atoms with E-state index in [1.807, 2.05) is 30.3 Å². The van der Waals surface area contributed by atoms with E-state index in [0.29, 0.717) is 25.9 Å². The number of rotatable bonds is 6. The molecule has 1 aromatic rings. The van der Waals surface area contributed by atoms with Crippen LogP contribution >= 0.6 is 21.3 Å². The van der Waals surface area contributed by atoms with Crippen molar-refractivity contribution < 1.29 is 19.1 Å². The van der Waals surface area contributed by atoms with Crippen LogP contribution in [0.2, 0.25) is 0 Å². The van der Waals surface area contributed by atoms with Crippen LogP contribution in [0.5, 0.6) is 0 Å². The van der Waals surface area contributed by atoms with Gasteiger partial charge < -0.3 is 9.47 Å². The van der Waals surface area contributed by atoms with Gasteiger partial charge in [0.05, 0.1) is 13.7 Å². The molecule has 0 spiro atoms. The van der Waals surface area contributed by atoms with Crippen molar-refractivity contribution in [1.29, 1.82) is 3.56 Å². The summed E-state index contributed by atoms with van der Waals surface area (Å²) in [6, 6.07) is 9.39. The summed E-state index contributed by atoms with van der Waals surface area (Å²) in [4.78, 5) is 26.3. The number of hydrogen-bond donors (Lipinski definition) is 1. The maximum absolute atomic E-state index is 12.6. The summed E-state index contributed by atoms with van der Waals surface area (Å²) in [5.74, 6) is -0.415. The molecule has 3 aliphatic rings. The zero-order valence-electron chi connectivity index (χ0n) is 13.8. The molecule has 2 aliphatic heterocycles. The van der Waals surface area contributed by atoms with Gasteiger partial charge in [0.2, 0.25) is 0 Å². The Kier molecular flexibility index (Phi) is 5.11. The fourth-order valence-corrected chi connectivity index (χ4v) is 4.13. The van der Waals surface area contributed by atoms with E-state index >= 15 is 0 Å². The molecule has 1 N–H and O–H groups in total. The number of fused-ring (bicyclic) bond motifs is 1. The fourth-order valence-electron chi connectivity index (χ4n) is 3.82. The lowest BCUT2D eigenvalue weighted by Crippen LogP contribution is -2.57. The van der Waals surface area contributed by atoms with Gasteiger partial charge in [-0.05, 0) is 18.4 Å². The second-order valence-electron chi connectivity index (χ2n) is 6.46. The van der Waals surface area contributed by atoms with Crippen LogP contribution in [-0.4, -0.2) is 42.7 Å². The molecule has 1 saturated carbocycles. The highest BCUT2D eigenvalue weighted by atomic mass is 127. The second kappa shape index (κ2) is 7.14. The lowest BCUT2D eigenvalue weighted by molar-refractivity contribution is -0.157. The van der Waals surface area contributed by atoms with Crippen molar-refractivity contribution in [1.82, 2.24) is 4.90 Å². The predicted molar refractivity (Wildman–Crippen MR) is 96.2 cm³/mol. The summed E-state index contributed by atoms with van der Waals surface area (Å²) in [6.45, 7) is 0.973. The molecule has 2 bridgehead atoms. The number of methoxy groups -OCH3 is 1. The van der Waals surface area contributed by atoms with E-state index in [-0.39, 0.29) is 12.0 Å². The SMILES string of the molecule is COC(=O)C12CC(CN=NI=N)(CN1C(=O)OCc1ccccc1)C2. The maximum Gasteiger partial charge on any atom is 0.411 e. The van der Waals surface area contributed by atoms with E-state index in [9.17, 15) is 9.59 Å². The molecule has 0 atom stereocenters. The van der Waals surface area contributed by atoms with Crippen LogP contribution in [0.15, 0.2) is 38.8 Å². The highest BCUT2D eigenvalue weighted by molar-refractivity contribution is 14.1. The van der Waals surface area contributed by atoms with Crippen LogP contribution in [0.4, 0.5) is 4.79 Å². The summed E-state index contributed by atoms with van der Waals surface area (Å²) in [5, 5.41) is 4.04. The zero-order valence-corrected chi connectivity index (χ0v) is 15.9. The Bertz CT molecular complexity index is 703. The number of ether oxygens (including phenoxy) is 2. The largest absolute Gasteiger partial charge is 0.467 e. The van der Waals surface area contributed by atoms with E-state index in [0.717, 1.165) is 5.56 Å². The Balaban J connectivity index is 1.70. The molecule has 1 aliphatic carbocycles. The molecule has 1 amide bonds. The Labute approximate surface area is 155 Å². The van der Waals surface area contributed by atoms with Gasteiger partial charge in [0.15, 0.2) is 21.3 Å². The number of carbonyl (C=O) groups excluding carboxylic acids is 2. The van der Waals surface area contributed by atoms with Gasteiger partial charge in [-0.1, -0.05) is 30.3 Å². The van der Waals surface area contributed by atoms with Crippen LogP contribution in [-0.2, 0) is 20.9 Å². The molecule has 4 rings (SSSR count). The van der Waals surface area contributed by atoms with E-state index in [1.54, 1.807) is 0 Å². The molecular formula is C16H19IN4O4. The molecule has 2 saturated heterocycles. The van der Waals surface area contributed by atoms with Crippen molar-refractivity contribution >= 4 is 33.4 Å². The van der Waals surface area contributed by atoms with Gasteiger partial charge in [-0.25, -0.2) is 9.59 Å². The first-order chi connectivity index (χ1) is 12.1. The molecule has 25 heavy (non-hydrogen) atoms. The predicted octanol–water partition coefficient (Wildman–Crippen LogP) is 3.43. The third-order valence-electron chi connectivity index (χ3n) is 4.83. The normalized spacial score (nSPS) is 27.2. The van der Waals surface area contributed by atoms with Crippen molar-refractivity contribution in [2.24, 2.45) is 13.9 Å². The highest BCUT2D eigenvalue weighted by Gasteiger charge is 2.71. The fraction of sp³-hybridized carbons (Fsp3) is 0.500. The second-order valence-corrected chi connectivity index (χ2v) is 7.38. The summed E-state index contributed by atoms with van der Waals surface area (Å²) < 4.78 is 21.2. The minimum atomic E-state index is -0.994. The van der Waals surface area contributed by atoms with Crippen LogP contribution in [0.25, 0.3) is 0 Å². The number of hydrogen-bond acceptors (Lipinski definition) is 6. The van der Waals surface area contributed by atoms with Gasteiger partial charge in [-0.2, -0.15) is 5.11 Å².